The Labute approximate surface area is 187 Å². The Morgan fingerprint density at radius 2 is 1.81 bits per heavy atom. The molecule has 4 rings (SSSR count). The lowest BCUT2D eigenvalue weighted by Gasteiger charge is -2.25. The van der Waals surface area contributed by atoms with Crippen molar-refractivity contribution in [1.82, 2.24) is 9.88 Å². The lowest BCUT2D eigenvalue weighted by molar-refractivity contribution is -0.140. The number of carbonyl (C=O) groups excluding carboxylic acids is 2. The van der Waals surface area contributed by atoms with Gasteiger partial charge in [0, 0.05) is 24.5 Å². The van der Waals surface area contributed by atoms with Crippen molar-refractivity contribution in [1.29, 1.82) is 0 Å². The topological polar surface area (TPSA) is 70.5 Å². The van der Waals surface area contributed by atoms with Crippen molar-refractivity contribution in [2.45, 2.75) is 12.6 Å². The van der Waals surface area contributed by atoms with E-state index in [1.54, 1.807) is 42.7 Å². The van der Waals surface area contributed by atoms with Crippen LogP contribution in [-0.2, 0) is 16.1 Å². The number of hydrogen-bond acceptors (Lipinski definition) is 4. The molecule has 0 bridgehead atoms. The van der Waals surface area contributed by atoms with Crippen molar-refractivity contribution in [3.05, 3.63) is 105 Å². The van der Waals surface area contributed by atoms with E-state index in [2.05, 4.69) is 4.98 Å². The number of aliphatic hydroxyl groups excluding tert-OH is 1. The number of carbonyl (C=O) groups is 2. The first-order chi connectivity index (χ1) is 14.9. The zero-order valence-corrected chi connectivity index (χ0v) is 17.4. The third-order valence-electron chi connectivity index (χ3n) is 4.99. The molecule has 2 aromatic carbocycles. The standard InChI is InChI=1S/C23H15Cl2FN2O3/c24-17-8-5-15(10-18(17)25)20-19(21(29)14-3-6-16(26)7-4-14)22(30)23(31)28(20)12-13-2-1-9-27-11-13/h1-11,20,29H,12H2/t20-/m0/s1. The predicted molar refractivity (Wildman–Crippen MR) is 115 cm³/mol. The van der Waals surface area contributed by atoms with Crippen LogP contribution in [0.25, 0.3) is 5.76 Å². The molecule has 8 heteroatoms. The molecule has 2 heterocycles. The number of halogens is 3. The van der Waals surface area contributed by atoms with Crippen LogP contribution in [0, 0.1) is 5.82 Å². The minimum Gasteiger partial charge on any atom is -0.507 e. The SMILES string of the molecule is O=C1C(=O)N(Cc2cccnc2)[C@@H](c2ccc(Cl)c(Cl)c2)C1=C(O)c1ccc(F)cc1. The maximum absolute atomic E-state index is 13.3. The summed E-state index contributed by atoms with van der Waals surface area (Å²) in [4.78, 5) is 31.3. The van der Waals surface area contributed by atoms with E-state index in [1.165, 1.54) is 17.0 Å². The molecule has 0 spiro atoms. The fourth-order valence-electron chi connectivity index (χ4n) is 3.52. The fourth-order valence-corrected chi connectivity index (χ4v) is 3.83. The molecular weight excluding hydrogens is 442 g/mol. The summed E-state index contributed by atoms with van der Waals surface area (Å²) in [7, 11) is 0. The van der Waals surface area contributed by atoms with Crippen LogP contribution in [0.3, 0.4) is 0 Å². The van der Waals surface area contributed by atoms with Crippen molar-refractivity contribution >= 4 is 40.7 Å². The summed E-state index contributed by atoms with van der Waals surface area (Å²) in [5.74, 6) is -2.51. The Bertz CT molecular complexity index is 1200. The molecule has 1 N–H and O–H groups in total. The van der Waals surface area contributed by atoms with Gasteiger partial charge in [-0.3, -0.25) is 14.6 Å². The van der Waals surface area contributed by atoms with Crippen LogP contribution in [0.5, 0.6) is 0 Å². The first-order valence-electron chi connectivity index (χ1n) is 9.25. The molecule has 31 heavy (non-hydrogen) atoms. The number of hydrogen-bond donors (Lipinski definition) is 1. The summed E-state index contributed by atoms with van der Waals surface area (Å²) in [5, 5.41) is 11.5. The molecule has 5 nitrogen and oxygen atoms in total. The summed E-state index contributed by atoms with van der Waals surface area (Å²) >= 11 is 12.2. The van der Waals surface area contributed by atoms with E-state index in [9.17, 15) is 19.1 Å². The monoisotopic (exact) mass is 456 g/mol. The highest BCUT2D eigenvalue weighted by Crippen LogP contribution is 2.41. The zero-order chi connectivity index (χ0) is 22.1. The molecular formula is C23H15Cl2FN2O3. The van der Waals surface area contributed by atoms with Gasteiger partial charge in [0.15, 0.2) is 0 Å². The molecule has 1 atom stereocenters. The van der Waals surface area contributed by atoms with Crippen LogP contribution in [0.2, 0.25) is 10.0 Å². The van der Waals surface area contributed by atoms with Crippen molar-refractivity contribution in [3.8, 4) is 0 Å². The predicted octanol–water partition coefficient (Wildman–Crippen LogP) is 5.15. The van der Waals surface area contributed by atoms with E-state index < -0.39 is 29.3 Å². The molecule has 1 fully saturated rings. The number of aliphatic hydroxyl groups is 1. The molecule has 0 radical (unpaired) electrons. The Balaban J connectivity index is 1.88. The van der Waals surface area contributed by atoms with E-state index in [0.717, 1.165) is 12.1 Å². The third-order valence-corrected chi connectivity index (χ3v) is 5.73. The van der Waals surface area contributed by atoms with E-state index in [4.69, 9.17) is 23.2 Å². The molecule has 3 aromatic rings. The van der Waals surface area contributed by atoms with Crippen molar-refractivity contribution in [2.24, 2.45) is 0 Å². The summed E-state index contributed by atoms with van der Waals surface area (Å²) in [5.41, 5.74) is 1.31. The van der Waals surface area contributed by atoms with Crippen molar-refractivity contribution in [3.63, 3.8) is 0 Å². The first kappa shape index (κ1) is 21.0. The Kier molecular flexibility index (Phi) is 5.76. The summed E-state index contributed by atoms with van der Waals surface area (Å²) < 4.78 is 13.3. The van der Waals surface area contributed by atoms with Gasteiger partial charge in [0.2, 0.25) is 0 Å². The van der Waals surface area contributed by atoms with Gasteiger partial charge in [0.25, 0.3) is 11.7 Å². The van der Waals surface area contributed by atoms with Gasteiger partial charge >= 0.3 is 0 Å². The van der Waals surface area contributed by atoms with Crippen LogP contribution >= 0.6 is 23.2 Å². The summed E-state index contributed by atoms with van der Waals surface area (Å²) in [6.07, 6.45) is 3.19. The van der Waals surface area contributed by atoms with Crippen LogP contribution < -0.4 is 0 Å². The number of rotatable bonds is 4. The van der Waals surface area contributed by atoms with E-state index in [0.29, 0.717) is 16.1 Å². The lowest BCUT2D eigenvalue weighted by atomic mass is 9.95. The average molecular weight is 457 g/mol. The number of amides is 1. The van der Waals surface area contributed by atoms with Gasteiger partial charge in [0.1, 0.15) is 11.6 Å². The average Bonchev–Trinajstić information content (AvgIpc) is 3.01. The molecule has 1 aromatic heterocycles. The van der Waals surface area contributed by atoms with Crippen LogP contribution in [0.1, 0.15) is 22.7 Å². The second kappa shape index (κ2) is 8.49. The van der Waals surface area contributed by atoms with Gasteiger partial charge < -0.3 is 10.0 Å². The second-order valence-corrected chi connectivity index (χ2v) is 7.78. The van der Waals surface area contributed by atoms with Gasteiger partial charge in [-0.15, -0.1) is 0 Å². The second-order valence-electron chi connectivity index (χ2n) is 6.97. The van der Waals surface area contributed by atoms with Crippen LogP contribution in [0.15, 0.2) is 72.6 Å². The van der Waals surface area contributed by atoms with Crippen LogP contribution in [0.4, 0.5) is 4.39 Å². The molecule has 1 aliphatic heterocycles. The highest BCUT2D eigenvalue weighted by Gasteiger charge is 2.46. The Hall–Kier alpha value is -3.22. The number of ketones is 1. The van der Waals surface area contributed by atoms with E-state index in [-0.39, 0.29) is 22.7 Å². The number of likely N-dealkylation sites (tertiary alicyclic amines) is 1. The molecule has 0 saturated carbocycles. The normalized spacial score (nSPS) is 17.9. The van der Waals surface area contributed by atoms with E-state index in [1.807, 2.05) is 0 Å². The minimum atomic E-state index is -0.917. The number of aromatic nitrogens is 1. The largest absolute Gasteiger partial charge is 0.507 e. The number of pyridine rings is 1. The fraction of sp³-hybridized carbons (Fsp3) is 0.0870. The van der Waals surface area contributed by atoms with Gasteiger partial charge in [0.05, 0.1) is 21.7 Å². The third kappa shape index (κ3) is 4.04. The lowest BCUT2D eigenvalue weighted by Crippen LogP contribution is -2.29. The Morgan fingerprint density at radius 3 is 2.45 bits per heavy atom. The quantitative estimate of drug-likeness (QED) is 0.334. The van der Waals surface area contributed by atoms with Gasteiger partial charge in [-0.25, -0.2) is 4.39 Å². The molecule has 1 saturated heterocycles. The molecule has 0 unspecified atom stereocenters. The summed E-state index contributed by atoms with van der Waals surface area (Å²) in [6.45, 7) is 0.0868. The Morgan fingerprint density at radius 1 is 1.06 bits per heavy atom. The smallest absolute Gasteiger partial charge is 0.295 e. The zero-order valence-electron chi connectivity index (χ0n) is 15.9. The van der Waals surface area contributed by atoms with Gasteiger partial charge in [-0.2, -0.15) is 0 Å². The highest BCUT2D eigenvalue weighted by atomic mass is 35.5. The van der Waals surface area contributed by atoms with Crippen LogP contribution in [-0.4, -0.2) is 26.7 Å². The minimum absolute atomic E-state index is 0.0868. The highest BCUT2D eigenvalue weighted by molar-refractivity contribution is 6.46. The summed E-state index contributed by atoms with van der Waals surface area (Å²) in [6, 6.07) is 12.3. The maximum Gasteiger partial charge on any atom is 0.295 e. The maximum atomic E-state index is 13.3. The van der Waals surface area contributed by atoms with Crippen molar-refractivity contribution < 1.29 is 19.1 Å². The molecule has 1 amide bonds. The molecule has 156 valence electrons. The van der Waals surface area contributed by atoms with Gasteiger partial charge in [-0.1, -0.05) is 35.3 Å². The van der Waals surface area contributed by atoms with Crippen molar-refractivity contribution in [2.75, 3.05) is 0 Å². The number of Topliss-reactive ketones (excluding diaryl/α,β-unsaturated/α-hetero) is 1. The molecule has 1 aliphatic rings. The first-order valence-corrected chi connectivity index (χ1v) is 10.0. The van der Waals surface area contributed by atoms with Gasteiger partial charge in [-0.05, 0) is 53.6 Å². The number of nitrogens with zero attached hydrogens (tertiary/aromatic N) is 2. The number of benzene rings is 2. The molecule has 0 aliphatic carbocycles. The van der Waals surface area contributed by atoms with E-state index >= 15 is 0 Å².